The van der Waals surface area contributed by atoms with Gasteiger partial charge in [0.1, 0.15) is 11.9 Å². The van der Waals surface area contributed by atoms with Gasteiger partial charge in [0.15, 0.2) is 0 Å². The largest absolute Gasteiger partial charge is 0.385 e. The molecule has 1 unspecified atom stereocenters. The summed E-state index contributed by atoms with van der Waals surface area (Å²) in [6, 6.07) is 0.222. The van der Waals surface area contributed by atoms with Crippen LogP contribution in [0.4, 0.5) is 0 Å². The van der Waals surface area contributed by atoms with Crippen LogP contribution in [-0.2, 0) is 4.74 Å². The molecular weight excluding hydrogens is 164 g/mol. The minimum atomic E-state index is -0.102. The Labute approximate surface area is 81.4 Å². The third-order valence-corrected chi connectivity index (χ3v) is 1.70. The predicted octanol–water partition coefficient (Wildman–Crippen LogP) is 1.81. The summed E-state index contributed by atoms with van der Waals surface area (Å²) in [6.45, 7) is 10.3. The Bertz CT molecular complexity index is 180. The first-order valence-corrected chi connectivity index (χ1v) is 4.65. The van der Waals surface area contributed by atoms with Crippen LogP contribution >= 0.6 is 0 Å². The number of ether oxygens (including phenoxy) is 1. The van der Waals surface area contributed by atoms with Crippen LogP contribution in [0.2, 0.25) is 0 Å². The van der Waals surface area contributed by atoms with Crippen molar-refractivity contribution in [1.29, 1.82) is 0 Å². The monoisotopic (exact) mass is 186 g/mol. The second-order valence-electron chi connectivity index (χ2n) is 4.63. The van der Waals surface area contributed by atoms with Gasteiger partial charge in [-0.1, -0.05) is 20.8 Å². The first-order valence-electron chi connectivity index (χ1n) is 4.65. The lowest BCUT2D eigenvalue weighted by Gasteiger charge is -2.29. The van der Waals surface area contributed by atoms with E-state index in [9.17, 15) is 0 Å². The van der Waals surface area contributed by atoms with Crippen molar-refractivity contribution in [3.8, 4) is 0 Å². The van der Waals surface area contributed by atoms with E-state index >= 15 is 0 Å². The highest BCUT2D eigenvalue weighted by Gasteiger charge is 2.27. The zero-order valence-corrected chi connectivity index (χ0v) is 9.59. The average Bonchev–Trinajstić information content (AvgIpc) is 1.82. The summed E-state index contributed by atoms with van der Waals surface area (Å²) in [4.78, 5) is 4.28. The van der Waals surface area contributed by atoms with E-state index in [1.54, 1.807) is 7.11 Å². The molecule has 0 bridgehead atoms. The zero-order valence-electron chi connectivity index (χ0n) is 9.59. The van der Waals surface area contributed by atoms with E-state index in [4.69, 9.17) is 10.5 Å². The average molecular weight is 186 g/mol. The Morgan fingerprint density at radius 2 is 1.77 bits per heavy atom. The van der Waals surface area contributed by atoms with Crippen molar-refractivity contribution in [3.63, 3.8) is 0 Å². The van der Waals surface area contributed by atoms with Crippen molar-refractivity contribution >= 4 is 5.84 Å². The number of hydrogen-bond acceptors (Lipinski definition) is 2. The Balaban J connectivity index is 4.60. The predicted molar refractivity (Wildman–Crippen MR) is 57.0 cm³/mol. The topological polar surface area (TPSA) is 47.6 Å². The molecule has 0 radical (unpaired) electrons. The maximum absolute atomic E-state index is 5.84. The van der Waals surface area contributed by atoms with Crippen LogP contribution in [0, 0.1) is 5.41 Å². The molecule has 0 spiro atoms. The van der Waals surface area contributed by atoms with Gasteiger partial charge in [0.05, 0.1) is 0 Å². The van der Waals surface area contributed by atoms with Crippen molar-refractivity contribution in [2.75, 3.05) is 7.11 Å². The van der Waals surface area contributed by atoms with Gasteiger partial charge in [0.25, 0.3) is 0 Å². The van der Waals surface area contributed by atoms with Crippen molar-refractivity contribution in [2.45, 2.75) is 46.8 Å². The SMILES string of the molecule is COC(C(N)=NC(C)C)C(C)(C)C. The molecule has 0 saturated carbocycles. The highest BCUT2D eigenvalue weighted by Crippen LogP contribution is 2.21. The second-order valence-corrected chi connectivity index (χ2v) is 4.63. The summed E-state index contributed by atoms with van der Waals surface area (Å²) in [5, 5.41) is 0. The number of nitrogens with two attached hydrogens (primary N) is 1. The number of rotatable bonds is 3. The van der Waals surface area contributed by atoms with E-state index < -0.39 is 0 Å². The molecule has 3 nitrogen and oxygen atoms in total. The van der Waals surface area contributed by atoms with E-state index in [1.165, 1.54) is 0 Å². The molecule has 0 aliphatic carbocycles. The van der Waals surface area contributed by atoms with E-state index in [1.807, 2.05) is 13.8 Å². The standard InChI is InChI=1S/C10H22N2O/c1-7(2)12-9(11)8(13-6)10(3,4)5/h7-8H,1-6H3,(H2,11,12). The minimum Gasteiger partial charge on any atom is -0.385 e. The summed E-state index contributed by atoms with van der Waals surface area (Å²) >= 11 is 0. The number of hydrogen-bond donors (Lipinski definition) is 1. The maximum Gasteiger partial charge on any atom is 0.124 e. The van der Waals surface area contributed by atoms with Gasteiger partial charge in [-0.2, -0.15) is 0 Å². The van der Waals surface area contributed by atoms with Crippen LogP contribution in [-0.4, -0.2) is 25.1 Å². The molecule has 0 amide bonds. The molecule has 0 heterocycles. The lowest BCUT2D eigenvalue weighted by atomic mass is 9.88. The third kappa shape index (κ3) is 4.27. The van der Waals surface area contributed by atoms with Gasteiger partial charge < -0.3 is 10.5 Å². The molecule has 3 heteroatoms. The minimum absolute atomic E-state index is 0.00275. The summed E-state index contributed by atoms with van der Waals surface area (Å²) < 4.78 is 5.32. The fraction of sp³-hybridized carbons (Fsp3) is 0.900. The number of nitrogens with zero attached hydrogens (tertiary/aromatic N) is 1. The van der Waals surface area contributed by atoms with Gasteiger partial charge in [-0.15, -0.1) is 0 Å². The Morgan fingerprint density at radius 1 is 1.31 bits per heavy atom. The van der Waals surface area contributed by atoms with Gasteiger partial charge in [-0.05, 0) is 19.3 Å². The highest BCUT2D eigenvalue weighted by molar-refractivity contribution is 5.85. The first kappa shape index (κ1) is 12.4. The summed E-state index contributed by atoms with van der Waals surface area (Å²) in [6.07, 6.45) is -0.102. The smallest absolute Gasteiger partial charge is 0.124 e. The van der Waals surface area contributed by atoms with Crippen LogP contribution in [0.15, 0.2) is 4.99 Å². The molecule has 0 fully saturated rings. The van der Waals surface area contributed by atoms with E-state index in [0.29, 0.717) is 5.84 Å². The van der Waals surface area contributed by atoms with E-state index in [2.05, 4.69) is 25.8 Å². The van der Waals surface area contributed by atoms with Crippen molar-refractivity contribution in [3.05, 3.63) is 0 Å². The molecule has 0 aliphatic rings. The lowest BCUT2D eigenvalue weighted by molar-refractivity contribution is 0.0671. The number of aliphatic imine (C=N–C) groups is 1. The van der Waals surface area contributed by atoms with Crippen LogP contribution in [0.25, 0.3) is 0 Å². The van der Waals surface area contributed by atoms with Gasteiger partial charge in [0, 0.05) is 13.2 Å². The number of amidine groups is 1. The van der Waals surface area contributed by atoms with E-state index in [-0.39, 0.29) is 17.6 Å². The van der Waals surface area contributed by atoms with Crippen LogP contribution in [0.3, 0.4) is 0 Å². The second kappa shape index (κ2) is 4.61. The van der Waals surface area contributed by atoms with Crippen molar-refractivity contribution in [2.24, 2.45) is 16.1 Å². The Morgan fingerprint density at radius 3 is 2.00 bits per heavy atom. The van der Waals surface area contributed by atoms with Gasteiger partial charge >= 0.3 is 0 Å². The fourth-order valence-electron chi connectivity index (χ4n) is 1.28. The summed E-state index contributed by atoms with van der Waals surface area (Å²) in [5.74, 6) is 0.588. The molecule has 0 aromatic carbocycles. The highest BCUT2D eigenvalue weighted by atomic mass is 16.5. The zero-order chi connectivity index (χ0) is 10.6. The Hall–Kier alpha value is -0.570. The normalized spacial score (nSPS) is 16.4. The first-order chi connectivity index (χ1) is 5.79. The Kier molecular flexibility index (Phi) is 4.40. The van der Waals surface area contributed by atoms with Crippen LogP contribution in [0.5, 0.6) is 0 Å². The lowest BCUT2D eigenvalue weighted by Crippen LogP contribution is -2.41. The van der Waals surface area contributed by atoms with E-state index in [0.717, 1.165) is 0 Å². The van der Waals surface area contributed by atoms with Crippen molar-refractivity contribution in [1.82, 2.24) is 0 Å². The molecule has 0 aliphatic heterocycles. The summed E-state index contributed by atoms with van der Waals surface area (Å²) in [5.41, 5.74) is 5.84. The summed E-state index contributed by atoms with van der Waals surface area (Å²) in [7, 11) is 1.67. The van der Waals surface area contributed by atoms with Crippen LogP contribution in [0.1, 0.15) is 34.6 Å². The molecular formula is C10H22N2O. The molecule has 0 aromatic heterocycles. The molecule has 0 aromatic rings. The molecule has 0 rings (SSSR count). The third-order valence-electron chi connectivity index (χ3n) is 1.70. The van der Waals surface area contributed by atoms with Gasteiger partial charge in [0.2, 0.25) is 0 Å². The molecule has 78 valence electrons. The molecule has 2 N–H and O–H groups in total. The molecule has 13 heavy (non-hydrogen) atoms. The van der Waals surface area contributed by atoms with Gasteiger partial charge in [-0.25, -0.2) is 0 Å². The van der Waals surface area contributed by atoms with Gasteiger partial charge in [-0.3, -0.25) is 4.99 Å². The maximum atomic E-state index is 5.84. The fourth-order valence-corrected chi connectivity index (χ4v) is 1.28. The quantitative estimate of drug-likeness (QED) is 0.540. The van der Waals surface area contributed by atoms with Crippen molar-refractivity contribution < 1.29 is 4.74 Å². The molecule has 1 atom stereocenters. The number of methoxy groups -OCH3 is 1. The van der Waals surface area contributed by atoms with Crippen LogP contribution < -0.4 is 5.73 Å². The molecule has 0 saturated heterocycles.